The van der Waals surface area contributed by atoms with E-state index in [1.54, 1.807) is 0 Å². The molecular weight excluding hydrogens is 150 g/mol. The largest absolute Gasteiger partial charge is 0.377 e. The maximum absolute atomic E-state index is 5.87. The molecule has 1 aliphatic rings. The fourth-order valence-electron chi connectivity index (χ4n) is 1.62. The summed E-state index contributed by atoms with van der Waals surface area (Å²) >= 11 is 0. The zero-order chi connectivity index (χ0) is 8.97. The Kier molecular flexibility index (Phi) is 4.02. The van der Waals surface area contributed by atoms with Crippen LogP contribution < -0.4 is 5.73 Å². The van der Waals surface area contributed by atoms with Gasteiger partial charge < -0.3 is 10.5 Å². The molecule has 0 spiro atoms. The summed E-state index contributed by atoms with van der Waals surface area (Å²) in [6.45, 7) is 5.33. The highest BCUT2D eigenvalue weighted by Crippen LogP contribution is 2.20. The molecule has 0 saturated heterocycles. The molecule has 1 aliphatic carbocycles. The zero-order valence-electron chi connectivity index (χ0n) is 8.25. The van der Waals surface area contributed by atoms with Gasteiger partial charge in [-0.1, -0.05) is 13.8 Å². The summed E-state index contributed by atoms with van der Waals surface area (Å²) in [4.78, 5) is 0. The summed E-state index contributed by atoms with van der Waals surface area (Å²) in [7, 11) is 0. The summed E-state index contributed by atoms with van der Waals surface area (Å²) in [6.07, 6.45) is 5.06. The van der Waals surface area contributed by atoms with Gasteiger partial charge in [0.2, 0.25) is 0 Å². The molecule has 72 valence electrons. The van der Waals surface area contributed by atoms with Gasteiger partial charge in [0, 0.05) is 12.6 Å². The third-order valence-corrected chi connectivity index (χ3v) is 2.53. The quantitative estimate of drug-likeness (QED) is 0.701. The van der Waals surface area contributed by atoms with Crippen LogP contribution in [0.15, 0.2) is 0 Å². The molecule has 2 nitrogen and oxygen atoms in total. The molecule has 2 atom stereocenters. The van der Waals surface area contributed by atoms with Crippen LogP contribution in [0.5, 0.6) is 0 Å². The van der Waals surface area contributed by atoms with Crippen LogP contribution in [-0.4, -0.2) is 18.8 Å². The van der Waals surface area contributed by atoms with Crippen molar-refractivity contribution in [2.75, 3.05) is 6.61 Å². The first-order valence-corrected chi connectivity index (χ1v) is 5.07. The number of rotatable bonds is 4. The smallest absolute Gasteiger partial charge is 0.0725 e. The summed E-state index contributed by atoms with van der Waals surface area (Å²) < 4.78 is 5.70. The van der Waals surface area contributed by atoms with Crippen molar-refractivity contribution in [2.24, 2.45) is 11.7 Å². The van der Waals surface area contributed by atoms with Crippen molar-refractivity contribution in [1.82, 2.24) is 0 Å². The van der Waals surface area contributed by atoms with Gasteiger partial charge in [-0.2, -0.15) is 0 Å². The van der Waals surface area contributed by atoms with E-state index in [-0.39, 0.29) is 0 Å². The van der Waals surface area contributed by atoms with Gasteiger partial charge in [-0.15, -0.1) is 0 Å². The van der Waals surface area contributed by atoms with E-state index in [2.05, 4.69) is 13.8 Å². The zero-order valence-corrected chi connectivity index (χ0v) is 8.25. The second kappa shape index (κ2) is 4.83. The molecule has 1 fully saturated rings. The fraction of sp³-hybridized carbons (Fsp3) is 1.00. The van der Waals surface area contributed by atoms with Crippen LogP contribution in [0.3, 0.4) is 0 Å². The SMILES string of the molecule is CC(C)CCO[C@@H]1CCC[C@H]1N. The third-order valence-electron chi connectivity index (χ3n) is 2.53. The predicted molar refractivity (Wildman–Crippen MR) is 51.0 cm³/mol. The lowest BCUT2D eigenvalue weighted by atomic mass is 10.1. The summed E-state index contributed by atoms with van der Waals surface area (Å²) in [5, 5.41) is 0. The number of hydrogen-bond donors (Lipinski definition) is 1. The van der Waals surface area contributed by atoms with E-state index in [4.69, 9.17) is 10.5 Å². The second-order valence-corrected chi connectivity index (χ2v) is 4.19. The van der Waals surface area contributed by atoms with Crippen LogP contribution in [0.2, 0.25) is 0 Å². The van der Waals surface area contributed by atoms with E-state index >= 15 is 0 Å². The first-order valence-electron chi connectivity index (χ1n) is 5.07. The predicted octanol–water partition coefficient (Wildman–Crippen LogP) is 1.93. The van der Waals surface area contributed by atoms with E-state index in [1.807, 2.05) is 0 Å². The molecule has 1 rings (SSSR count). The summed E-state index contributed by atoms with van der Waals surface area (Å²) in [6, 6.07) is 0.303. The average molecular weight is 171 g/mol. The maximum Gasteiger partial charge on any atom is 0.0725 e. The van der Waals surface area contributed by atoms with Crippen molar-refractivity contribution in [2.45, 2.75) is 51.7 Å². The van der Waals surface area contributed by atoms with Gasteiger partial charge in [0.05, 0.1) is 6.10 Å². The normalized spacial score (nSPS) is 30.0. The van der Waals surface area contributed by atoms with Gasteiger partial charge in [-0.25, -0.2) is 0 Å². The van der Waals surface area contributed by atoms with E-state index in [9.17, 15) is 0 Å². The fourth-order valence-corrected chi connectivity index (χ4v) is 1.62. The molecule has 0 heterocycles. The minimum absolute atomic E-state index is 0.303. The highest BCUT2D eigenvalue weighted by molar-refractivity contribution is 4.80. The van der Waals surface area contributed by atoms with Gasteiger partial charge in [0.25, 0.3) is 0 Å². The van der Waals surface area contributed by atoms with Crippen LogP contribution in [0.4, 0.5) is 0 Å². The van der Waals surface area contributed by atoms with Crippen LogP contribution in [0, 0.1) is 5.92 Å². The van der Waals surface area contributed by atoms with Gasteiger partial charge >= 0.3 is 0 Å². The van der Waals surface area contributed by atoms with Crippen LogP contribution in [-0.2, 0) is 4.74 Å². The number of ether oxygens (including phenoxy) is 1. The Labute approximate surface area is 75.5 Å². The third kappa shape index (κ3) is 3.11. The van der Waals surface area contributed by atoms with E-state index < -0.39 is 0 Å². The van der Waals surface area contributed by atoms with Gasteiger partial charge in [-0.3, -0.25) is 0 Å². The van der Waals surface area contributed by atoms with E-state index in [1.165, 1.54) is 12.8 Å². The topological polar surface area (TPSA) is 35.2 Å². The van der Waals surface area contributed by atoms with Crippen molar-refractivity contribution in [3.63, 3.8) is 0 Å². The molecule has 0 aromatic rings. The molecule has 0 aromatic carbocycles. The molecule has 2 heteroatoms. The van der Waals surface area contributed by atoms with Crippen molar-refractivity contribution in [3.05, 3.63) is 0 Å². The van der Waals surface area contributed by atoms with Crippen LogP contribution in [0.1, 0.15) is 39.5 Å². The Bertz CT molecular complexity index is 125. The highest BCUT2D eigenvalue weighted by atomic mass is 16.5. The molecular formula is C10H21NO. The van der Waals surface area contributed by atoms with Crippen molar-refractivity contribution < 1.29 is 4.74 Å². The highest BCUT2D eigenvalue weighted by Gasteiger charge is 2.23. The lowest BCUT2D eigenvalue weighted by molar-refractivity contribution is 0.0417. The molecule has 0 aliphatic heterocycles. The van der Waals surface area contributed by atoms with Crippen molar-refractivity contribution in [1.29, 1.82) is 0 Å². The summed E-state index contributed by atoms with van der Waals surface area (Å²) in [5.74, 6) is 0.739. The van der Waals surface area contributed by atoms with Crippen LogP contribution >= 0.6 is 0 Å². The summed E-state index contributed by atoms with van der Waals surface area (Å²) in [5.41, 5.74) is 5.87. The lowest BCUT2D eigenvalue weighted by Crippen LogP contribution is -2.31. The molecule has 0 radical (unpaired) electrons. The van der Waals surface area contributed by atoms with E-state index in [0.717, 1.165) is 25.4 Å². The van der Waals surface area contributed by atoms with Crippen molar-refractivity contribution in [3.8, 4) is 0 Å². The second-order valence-electron chi connectivity index (χ2n) is 4.19. The molecule has 2 N–H and O–H groups in total. The molecule has 0 amide bonds. The first kappa shape index (κ1) is 10.0. The molecule has 1 saturated carbocycles. The molecule has 12 heavy (non-hydrogen) atoms. The lowest BCUT2D eigenvalue weighted by Gasteiger charge is -2.16. The van der Waals surface area contributed by atoms with Gasteiger partial charge in [-0.05, 0) is 31.6 Å². The van der Waals surface area contributed by atoms with E-state index in [0.29, 0.717) is 12.1 Å². The minimum atomic E-state index is 0.303. The Morgan fingerprint density at radius 1 is 1.42 bits per heavy atom. The monoisotopic (exact) mass is 171 g/mol. The Balaban J connectivity index is 2.06. The Morgan fingerprint density at radius 2 is 2.17 bits per heavy atom. The molecule has 0 bridgehead atoms. The first-order chi connectivity index (χ1) is 5.70. The Morgan fingerprint density at radius 3 is 2.67 bits per heavy atom. The number of nitrogens with two attached hydrogens (primary N) is 1. The standard InChI is InChI=1S/C10H21NO/c1-8(2)6-7-12-10-5-3-4-9(10)11/h8-10H,3-7,11H2,1-2H3/t9-,10-/m1/s1. The molecule has 0 unspecified atom stereocenters. The van der Waals surface area contributed by atoms with Crippen LogP contribution in [0.25, 0.3) is 0 Å². The Hall–Kier alpha value is -0.0800. The molecule has 0 aromatic heterocycles. The van der Waals surface area contributed by atoms with Gasteiger partial charge in [0.15, 0.2) is 0 Å². The minimum Gasteiger partial charge on any atom is -0.377 e. The average Bonchev–Trinajstić information content (AvgIpc) is 2.36. The number of hydrogen-bond acceptors (Lipinski definition) is 2. The maximum atomic E-state index is 5.87. The van der Waals surface area contributed by atoms with Gasteiger partial charge in [0.1, 0.15) is 0 Å². The van der Waals surface area contributed by atoms with Crippen molar-refractivity contribution >= 4 is 0 Å².